The van der Waals surface area contributed by atoms with E-state index in [-0.39, 0.29) is 17.5 Å². The van der Waals surface area contributed by atoms with Gasteiger partial charge in [-0.1, -0.05) is 24.3 Å². The minimum Gasteiger partial charge on any atom is -0.451 e. The first-order chi connectivity index (χ1) is 13.6. The number of rotatable bonds is 5. The van der Waals surface area contributed by atoms with Gasteiger partial charge in [-0.25, -0.2) is 4.98 Å². The molecule has 0 radical (unpaired) electrons. The Kier molecular flexibility index (Phi) is 5.36. The van der Waals surface area contributed by atoms with Gasteiger partial charge in [-0.05, 0) is 50.9 Å². The zero-order chi connectivity index (χ0) is 19.5. The molecule has 0 atom stereocenters. The van der Waals surface area contributed by atoms with E-state index in [9.17, 15) is 9.59 Å². The molecule has 0 bridgehead atoms. The summed E-state index contributed by atoms with van der Waals surface area (Å²) in [5.41, 5.74) is 1.45. The molecule has 0 saturated carbocycles. The molecule has 2 N–H and O–H groups in total. The number of hydrogen-bond acceptors (Lipinski definition) is 6. The Balaban J connectivity index is 1.43. The number of ketones is 1. The van der Waals surface area contributed by atoms with Crippen molar-refractivity contribution in [3.8, 4) is 11.3 Å². The van der Waals surface area contributed by atoms with Crippen LogP contribution in [0.4, 0.5) is 5.13 Å². The van der Waals surface area contributed by atoms with Gasteiger partial charge in [0.25, 0.3) is 5.91 Å². The second-order valence-corrected chi connectivity index (χ2v) is 7.91. The smallest absolute Gasteiger partial charge is 0.293 e. The maximum atomic E-state index is 12.5. The van der Waals surface area contributed by atoms with Gasteiger partial charge in [-0.2, -0.15) is 0 Å². The number of carbonyl (C=O) groups is 2. The summed E-state index contributed by atoms with van der Waals surface area (Å²) in [5.74, 6) is 1.01. The van der Waals surface area contributed by atoms with E-state index in [4.69, 9.17) is 4.42 Å². The molecule has 0 spiro atoms. The Labute approximate surface area is 167 Å². The van der Waals surface area contributed by atoms with Gasteiger partial charge in [0.2, 0.25) is 0 Å². The molecule has 1 fully saturated rings. The summed E-state index contributed by atoms with van der Waals surface area (Å²) in [5, 5.41) is 6.76. The summed E-state index contributed by atoms with van der Waals surface area (Å²) in [6.45, 7) is 3.57. The molecule has 1 aromatic carbocycles. The summed E-state index contributed by atoms with van der Waals surface area (Å²) < 4.78 is 5.70. The average molecular weight is 395 g/mol. The van der Waals surface area contributed by atoms with Gasteiger partial charge in [0.15, 0.2) is 16.7 Å². The highest BCUT2D eigenvalue weighted by Gasteiger charge is 2.19. The third kappa shape index (κ3) is 4.05. The van der Waals surface area contributed by atoms with Gasteiger partial charge in [-0.15, -0.1) is 11.3 Å². The van der Waals surface area contributed by atoms with Gasteiger partial charge in [0.1, 0.15) is 5.76 Å². The third-order valence-electron chi connectivity index (χ3n) is 4.89. The van der Waals surface area contributed by atoms with Crippen molar-refractivity contribution >= 4 is 28.2 Å². The molecule has 3 aromatic rings. The van der Waals surface area contributed by atoms with Crippen molar-refractivity contribution in [1.82, 2.24) is 10.3 Å². The van der Waals surface area contributed by atoms with Crippen LogP contribution in [0.2, 0.25) is 0 Å². The molecule has 1 saturated heterocycles. The Morgan fingerprint density at radius 1 is 1.14 bits per heavy atom. The summed E-state index contributed by atoms with van der Waals surface area (Å²) in [6.07, 6.45) is 4.06. The van der Waals surface area contributed by atoms with E-state index in [1.54, 1.807) is 24.3 Å². The Morgan fingerprint density at radius 2 is 1.89 bits per heavy atom. The fourth-order valence-corrected chi connectivity index (χ4v) is 4.26. The van der Waals surface area contributed by atoms with Crippen molar-refractivity contribution in [3.63, 3.8) is 0 Å². The van der Waals surface area contributed by atoms with Crippen LogP contribution in [0.5, 0.6) is 0 Å². The molecular formula is C21H21N3O3S. The molecule has 28 heavy (non-hydrogen) atoms. The van der Waals surface area contributed by atoms with Gasteiger partial charge in [-0.3, -0.25) is 14.9 Å². The first-order valence-corrected chi connectivity index (χ1v) is 10.1. The molecular weight excluding hydrogens is 374 g/mol. The van der Waals surface area contributed by atoms with E-state index >= 15 is 0 Å². The van der Waals surface area contributed by atoms with Gasteiger partial charge < -0.3 is 9.73 Å². The maximum Gasteiger partial charge on any atom is 0.293 e. The van der Waals surface area contributed by atoms with Crippen LogP contribution in [-0.2, 0) is 0 Å². The molecule has 0 aliphatic carbocycles. The highest BCUT2D eigenvalue weighted by atomic mass is 32.1. The molecule has 7 heteroatoms. The topological polar surface area (TPSA) is 84.2 Å². The predicted molar refractivity (Wildman–Crippen MR) is 109 cm³/mol. The standard InChI is InChI=1S/C21H21N3O3S/c1-13(25)14-2-4-15(5-3-14)17-6-7-18(27-17)20(26)24-21-23-12-19(28-21)16-8-10-22-11-9-16/h2-7,12,16,22H,8-11H2,1H3,(H,23,24,26). The third-order valence-corrected chi connectivity index (χ3v) is 5.97. The number of anilines is 1. The van der Waals surface area contributed by atoms with E-state index < -0.39 is 0 Å². The van der Waals surface area contributed by atoms with Crippen molar-refractivity contribution in [2.24, 2.45) is 0 Å². The van der Waals surface area contributed by atoms with Crippen LogP contribution < -0.4 is 10.6 Å². The molecule has 2 aromatic heterocycles. The number of carbonyl (C=O) groups excluding carboxylic acids is 2. The Bertz CT molecular complexity index is 985. The first-order valence-electron chi connectivity index (χ1n) is 9.29. The molecule has 1 amide bonds. The van der Waals surface area contributed by atoms with Crippen molar-refractivity contribution < 1.29 is 14.0 Å². The molecule has 4 rings (SSSR count). The zero-order valence-electron chi connectivity index (χ0n) is 15.5. The largest absolute Gasteiger partial charge is 0.451 e. The van der Waals surface area contributed by atoms with E-state index in [1.165, 1.54) is 23.1 Å². The number of aromatic nitrogens is 1. The van der Waals surface area contributed by atoms with Gasteiger partial charge in [0, 0.05) is 22.2 Å². The van der Waals surface area contributed by atoms with Crippen molar-refractivity contribution in [1.29, 1.82) is 0 Å². The number of amides is 1. The number of benzene rings is 1. The quantitative estimate of drug-likeness (QED) is 0.629. The van der Waals surface area contributed by atoms with Crippen LogP contribution in [0.3, 0.4) is 0 Å². The second-order valence-electron chi connectivity index (χ2n) is 6.84. The van der Waals surface area contributed by atoms with Crippen molar-refractivity contribution in [2.75, 3.05) is 18.4 Å². The number of Topliss-reactive ketones (excluding diaryl/α,β-unsaturated/α-hetero) is 1. The Hall–Kier alpha value is -2.77. The normalized spacial score (nSPS) is 14.8. The van der Waals surface area contributed by atoms with Gasteiger partial charge >= 0.3 is 0 Å². The number of nitrogens with zero attached hydrogens (tertiary/aromatic N) is 1. The SMILES string of the molecule is CC(=O)c1ccc(-c2ccc(C(=O)Nc3ncc(C4CCNCC4)s3)o2)cc1. The van der Waals surface area contributed by atoms with Crippen LogP contribution in [-0.4, -0.2) is 29.8 Å². The summed E-state index contributed by atoms with van der Waals surface area (Å²) in [4.78, 5) is 29.4. The zero-order valence-corrected chi connectivity index (χ0v) is 16.3. The maximum absolute atomic E-state index is 12.5. The van der Waals surface area contributed by atoms with E-state index in [0.29, 0.717) is 22.4 Å². The molecule has 1 aliphatic rings. The van der Waals surface area contributed by atoms with E-state index in [1.807, 2.05) is 18.3 Å². The molecule has 6 nitrogen and oxygen atoms in total. The van der Waals surface area contributed by atoms with Crippen molar-refractivity contribution in [3.05, 3.63) is 58.8 Å². The van der Waals surface area contributed by atoms with Crippen LogP contribution in [0, 0.1) is 0 Å². The second kappa shape index (κ2) is 8.08. The lowest BCUT2D eigenvalue weighted by atomic mass is 9.97. The lowest BCUT2D eigenvalue weighted by Gasteiger charge is -2.20. The number of piperidine rings is 1. The highest BCUT2D eigenvalue weighted by molar-refractivity contribution is 7.15. The molecule has 0 unspecified atom stereocenters. The van der Waals surface area contributed by atoms with Crippen LogP contribution in [0.15, 0.2) is 47.0 Å². The average Bonchev–Trinajstić information content (AvgIpc) is 3.39. The molecule has 144 valence electrons. The highest BCUT2D eigenvalue weighted by Crippen LogP contribution is 2.32. The molecule has 3 heterocycles. The summed E-state index contributed by atoms with van der Waals surface area (Å²) in [7, 11) is 0. The fraction of sp³-hybridized carbons (Fsp3) is 0.286. The first kappa shape index (κ1) is 18.6. The van der Waals surface area contributed by atoms with E-state index in [0.717, 1.165) is 31.5 Å². The number of nitrogens with one attached hydrogen (secondary N) is 2. The summed E-state index contributed by atoms with van der Waals surface area (Å²) in [6, 6.07) is 10.5. The minimum atomic E-state index is -0.321. The lowest BCUT2D eigenvalue weighted by Crippen LogP contribution is -2.26. The van der Waals surface area contributed by atoms with Crippen molar-refractivity contribution in [2.45, 2.75) is 25.7 Å². The van der Waals surface area contributed by atoms with E-state index in [2.05, 4.69) is 15.6 Å². The number of furan rings is 1. The molecule has 1 aliphatic heterocycles. The lowest BCUT2D eigenvalue weighted by molar-refractivity contribution is 0.0994. The van der Waals surface area contributed by atoms with Crippen LogP contribution in [0.25, 0.3) is 11.3 Å². The number of thiazole rings is 1. The Morgan fingerprint density at radius 3 is 2.61 bits per heavy atom. The van der Waals surface area contributed by atoms with Crippen LogP contribution in [0.1, 0.15) is 51.5 Å². The van der Waals surface area contributed by atoms with Gasteiger partial charge in [0.05, 0.1) is 0 Å². The fourth-order valence-electron chi connectivity index (χ4n) is 3.28. The number of hydrogen-bond donors (Lipinski definition) is 2. The predicted octanol–water partition coefficient (Wildman–Crippen LogP) is 4.33. The minimum absolute atomic E-state index is 0.0124. The van der Waals surface area contributed by atoms with Crippen LogP contribution >= 0.6 is 11.3 Å². The monoisotopic (exact) mass is 395 g/mol. The summed E-state index contributed by atoms with van der Waals surface area (Å²) >= 11 is 1.53.